The van der Waals surface area contributed by atoms with Crippen molar-refractivity contribution in [3.63, 3.8) is 0 Å². The monoisotopic (exact) mass is 446 g/mol. The van der Waals surface area contributed by atoms with Gasteiger partial charge in [0.2, 0.25) is 0 Å². The van der Waals surface area contributed by atoms with Crippen molar-refractivity contribution in [2.45, 2.75) is 122 Å². The molecule has 0 saturated heterocycles. The van der Waals surface area contributed by atoms with Crippen LogP contribution in [0, 0.1) is 0 Å². The van der Waals surface area contributed by atoms with Crippen LogP contribution in [-0.4, -0.2) is 36.2 Å². The summed E-state index contributed by atoms with van der Waals surface area (Å²) in [6.07, 6.45) is 21.2. The lowest BCUT2D eigenvalue weighted by Crippen LogP contribution is -2.44. The maximum Gasteiger partial charge on any atom is 0.303 e. The molecule has 32 heavy (non-hydrogen) atoms. The number of unbranched alkanes of at least 4 members (excludes halogenated alkanes) is 13. The SMILES string of the molecule is CCCCCCCCCCCCCCC(c1ccccc1)[N+](C)(C)CCCCCC(=O)O. The van der Waals surface area contributed by atoms with Gasteiger partial charge in [-0.05, 0) is 25.7 Å². The Balaban J connectivity index is 2.30. The van der Waals surface area contributed by atoms with E-state index >= 15 is 0 Å². The molecule has 0 heterocycles. The molecule has 1 aromatic rings. The van der Waals surface area contributed by atoms with Crippen LogP contribution < -0.4 is 0 Å². The minimum Gasteiger partial charge on any atom is -0.481 e. The molecule has 0 aliphatic rings. The number of carboxylic acid groups (broad SMARTS) is 1. The number of carbonyl (C=O) groups is 1. The van der Waals surface area contributed by atoms with Crippen molar-refractivity contribution >= 4 is 5.97 Å². The van der Waals surface area contributed by atoms with Crippen molar-refractivity contribution in [3.05, 3.63) is 35.9 Å². The van der Waals surface area contributed by atoms with Crippen molar-refractivity contribution in [2.24, 2.45) is 0 Å². The first kappa shape index (κ1) is 28.7. The fourth-order valence-electron chi connectivity index (χ4n) is 4.90. The van der Waals surface area contributed by atoms with Crippen LogP contribution in [0.15, 0.2) is 30.3 Å². The fourth-order valence-corrected chi connectivity index (χ4v) is 4.90. The normalized spacial score (nSPS) is 12.7. The van der Waals surface area contributed by atoms with Crippen LogP contribution in [0.3, 0.4) is 0 Å². The summed E-state index contributed by atoms with van der Waals surface area (Å²) >= 11 is 0. The highest BCUT2D eigenvalue weighted by Gasteiger charge is 2.28. The van der Waals surface area contributed by atoms with E-state index < -0.39 is 5.97 Å². The first-order valence-corrected chi connectivity index (χ1v) is 13.6. The highest BCUT2D eigenvalue weighted by molar-refractivity contribution is 5.66. The molecule has 0 aliphatic heterocycles. The molecule has 1 unspecified atom stereocenters. The fraction of sp³-hybridized carbons (Fsp3) is 0.759. The number of quaternary nitrogens is 1. The Morgan fingerprint density at radius 2 is 1.25 bits per heavy atom. The van der Waals surface area contributed by atoms with E-state index in [-0.39, 0.29) is 0 Å². The van der Waals surface area contributed by atoms with Gasteiger partial charge in [0.25, 0.3) is 0 Å². The molecule has 3 nitrogen and oxygen atoms in total. The van der Waals surface area contributed by atoms with Crippen LogP contribution in [0.1, 0.15) is 128 Å². The summed E-state index contributed by atoms with van der Waals surface area (Å²) in [5.41, 5.74) is 1.45. The first-order chi connectivity index (χ1) is 15.5. The van der Waals surface area contributed by atoms with E-state index in [0.717, 1.165) is 30.3 Å². The minimum atomic E-state index is -0.673. The lowest BCUT2D eigenvalue weighted by atomic mass is 9.96. The quantitative estimate of drug-likeness (QED) is 0.152. The molecule has 0 fully saturated rings. The molecular weight excluding hydrogens is 394 g/mol. The summed E-state index contributed by atoms with van der Waals surface area (Å²) in [4.78, 5) is 10.7. The Bertz CT molecular complexity index is 570. The molecule has 1 N–H and O–H groups in total. The average molecular weight is 447 g/mol. The molecule has 1 atom stereocenters. The molecule has 0 radical (unpaired) electrons. The number of aliphatic carboxylic acids is 1. The standard InChI is InChI=1S/C29H51NO2/c1-4-5-6-7-8-9-10-11-12-13-14-19-24-28(27-22-17-15-18-23-27)30(2,3)26-21-16-20-25-29(31)32/h15,17-18,22-23,28H,4-14,16,19-21,24-26H2,1-3H3/p+1. The third-order valence-electron chi connectivity index (χ3n) is 6.98. The number of hydrogen-bond acceptors (Lipinski definition) is 1. The molecule has 0 spiro atoms. The molecule has 0 saturated carbocycles. The van der Waals surface area contributed by atoms with Crippen molar-refractivity contribution in [1.29, 1.82) is 0 Å². The second-order valence-corrected chi connectivity index (χ2v) is 10.3. The Labute approximate surface area is 199 Å². The largest absolute Gasteiger partial charge is 0.481 e. The Morgan fingerprint density at radius 1 is 0.750 bits per heavy atom. The summed E-state index contributed by atoms with van der Waals surface area (Å²) in [6, 6.07) is 11.5. The minimum absolute atomic E-state index is 0.300. The van der Waals surface area contributed by atoms with Crippen LogP contribution in [0.5, 0.6) is 0 Å². The Kier molecular flexibility index (Phi) is 16.2. The van der Waals surface area contributed by atoms with Gasteiger partial charge in [-0.1, -0.05) is 108 Å². The van der Waals surface area contributed by atoms with Gasteiger partial charge in [0.1, 0.15) is 6.04 Å². The Morgan fingerprint density at radius 3 is 1.78 bits per heavy atom. The van der Waals surface area contributed by atoms with Gasteiger partial charge in [-0.25, -0.2) is 0 Å². The molecule has 0 amide bonds. The summed E-state index contributed by atoms with van der Waals surface area (Å²) in [7, 11) is 4.71. The van der Waals surface area contributed by atoms with Crippen LogP contribution in [0.4, 0.5) is 0 Å². The highest BCUT2D eigenvalue weighted by atomic mass is 16.4. The predicted molar refractivity (Wildman–Crippen MR) is 138 cm³/mol. The van der Waals surface area contributed by atoms with Gasteiger partial charge in [0.15, 0.2) is 0 Å². The zero-order valence-corrected chi connectivity index (χ0v) is 21.5. The molecular formula is C29H52NO2+. The third kappa shape index (κ3) is 13.9. The summed E-state index contributed by atoms with van der Waals surface area (Å²) in [5, 5.41) is 8.85. The van der Waals surface area contributed by atoms with Crippen LogP contribution in [0.2, 0.25) is 0 Å². The lowest BCUT2D eigenvalue weighted by molar-refractivity contribution is -0.921. The molecule has 0 aromatic heterocycles. The number of nitrogens with zero attached hydrogens (tertiary/aromatic N) is 1. The topological polar surface area (TPSA) is 37.3 Å². The predicted octanol–water partition coefficient (Wildman–Crippen LogP) is 8.54. The van der Waals surface area contributed by atoms with E-state index in [1.54, 1.807) is 0 Å². The smallest absolute Gasteiger partial charge is 0.303 e. The third-order valence-corrected chi connectivity index (χ3v) is 6.98. The summed E-state index contributed by atoms with van der Waals surface area (Å²) < 4.78 is 0.995. The molecule has 1 rings (SSSR count). The molecule has 0 bridgehead atoms. The highest BCUT2D eigenvalue weighted by Crippen LogP contribution is 2.31. The van der Waals surface area contributed by atoms with Gasteiger partial charge in [0.05, 0.1) is 20.6 Å². The number of benzene rings is 1. The van der Waals surface area contributed by atoms with E-state index in [4.69, 9.17) is 5.11 Å². The van der Waals surface area contributed by atoms with Crippen molar-refractivity contribution < 1.29 is 14.4 Å². The molecule has 3 heteroatoms. The van der Waals surface area contributed by atoms with Crippen LogP contribution in [-0.2, 0) is 4.79 Å². The average Bonchev–Trinajstić information content (AvgIpc) is 2.77. The second kappa shape index (κ2) is 18.1. The molecule has 1 aromatic carbocycles. The zero-order valence-electron chi connectivity index (χ0n) is 21.5. The van der Waals surface area contributed by atoms with E-state index in [9.17, 15) is 4.79 Å². The molecule has 0 aliphatic carbocycles. The van der Waals surface area contributed by atoms with Crippen LogP contribution in [0.25, 0.3) is 0 Å². The zero-order chi connectivity index (χ0) is 23.5. The van der Waals surface area contributed by atoms with Gasteiger partial charge < -0.3 is 9.59 Å². The van der Waals surface area contributed by atoms with Crippen molar-refractivity contribution in [1.82, 2.24) is 0 Å². The number of rotatable bonds is 21. The van der Waals surface area contributed by atoms with Crippen molar-refractivity contribution in [3.8, 4) is 0 Å². The number of carboxylic acids is 1. The maximum atomic E-state index is 10.7. The summed E-state index contributed by atoms with van der Waals surface area (Å²) in [6.45, 7) is 3.39. The Hall–Kier alpha value is -1.35. The number of hydrogen-bond donors (Lipinski definition) is 1. The van der Waals surface area contributed by atoms with Gasteiger partial charge in [-0.2, -0.15) is 0 Å². The van der Waals surface area contributed by atoms with E-state index in [1.165, 1.54) is 89.0 Å². The molecule has 184 valence electrons. The maximum absolute atomic E-state index is 10.7. The van der Waals surface area contributed by atoms with Gasteiger partial charge in [-0.3, -0.25) is 4.79 Å². The summed E-state index contributed by atoms with van der Waals surface area (Å²) in [5.74, 6) is -0.673. The van der Waals surface area contributed by atoms with E-state index in [2.05, 4.69) is 51.4 Å². The van der Waals surface area contributed by atoms with Crippen LogP contribution >= 0.6 is 0 Å². The van der Waals surface area contributed by atoms with E-state index in [0.29, 0.717) is 12.5 Å². The van der Waals surface area contributed by atoms with Gasteiger partial charge >= 0.3 is 5.97 Å². The van der Waals surface area contributed by atoms with Gasteiger partial charge in [-0.15, -0.1) is 0 Å². The van der Waals surface area contributed by atoms with Crippen molar-refractivity contribution in [2.75, 3.05) is 20.6 Å². The lowest BCUT2D eigenvalue weighted by Gasteiger charge is -2.39. The van der Waals surface area contributed by atoms with Gasteiger partial charge in [0, 0.05) is 18.4 Å². The van der Waals surface area contributed by atoms with E-state index in [1.807, 2.05) is 0 Å². The second-order valence-electron chi connectivity index (χ2n) is 10.3. The first-order valence-electron chi connectivity index (χ1n) is 13.6.